The van der Waals surface area contributed by atoms with Crippen LogP contribution in [0.15, 0.2) is 0 Å². The molecule has 0 aromatic heterocycles. The highest BCUT2D eigenvalue weighted by atomic mass is 16.5. The van der Waals surface area contributed by atoms with Gasteiger partial charge in [-0.2, -0.15) is 0 Å². The van der Waals surface area contributed by atoms with Gasteiger partial charge in [0.25, 0.3) is 0 Å². The Labute approximate surface area is 83.4 Å². The Hall–Kier alpha value is -1.10. The van der Waals surface area contributed by atoms with Crippen molar-refractivity contribution in [3.8, 4) is 0 Å². The highest BCUT2D eigenvalue weighted by Gasteiger charge is 2.21. The summed E-state index contributed by atoms with van der Waals surface area (Å²) in [7, 11) is 1.32. The number of carboxylic acids is 1. The van der Waals surface area contributed by atoms with Gasteiger partial charge in [0.05, 0.1) is 13.5 Å². The largest absolute Gasteiger partial charge is 0.481 e. The molecule has 0 bridgehead atoms. The standard InChI is InChI=1S/C9H17NO4/c1-6(2)8(9(13)14-3)10-5-4-7(11)12/h6,8,10H,4-5H2,1-3H3,(H,11,12)/t8-/m1/s1. The van der Waals surface area contributed by atoms with Crippen LogP contribution in [-0.2, 0) is 14.3 Å². The zero-order valence-corrected chi connectivity index (χ0v) is 8.74. The van der Waals surface area contributed by atoms with E-state index >= 15 is 0 Å². The van der Waals surface area contributed by atoms with Crippen molar-refractivity contribution in [2.75, 3.05) is 13.7 Å². The second-order valence-electron chi connectivity index (χ2n) is 3.34. The van der Waals surface area contributed by atoms with Gasteiger partial charge >= 0.3 is 11.9 Å². The number of ether oxygens (including phenoxy) is 1. The molecule has 14 heavy (non-hydrogen) atoms. The molecule has 5 nitrogen and oxygen atoms in total. The van der Waals surface area contributed by atoms with Crippen molar-refractivity contribution < 1.29 is 19.4 Å². The van der Waals surface area contributed by atoms with Crippen LogP contribution < -0.4 is 5.32 Å². The summed E-state index contributed by atoms with van der Waals surface area (Å²) in [4.78, 5) is 21.4. The number of carbonyl (C=O) groups is 2. The summed E-state index contributed by atoms with van der Waals surface area (Å²) in [5, 5.41) is 11.3. The van der Waals surface area contributed by atoms with Crippen molar-refractivity contribution >= 4 is 11.9 Å². The number of aliphatic carboxylic acids is 1. The van der Waals surface area contributed by atoms with Crippen LogP contribution in [0.4, 0.5) is 0 Å². The lowest BCUT2D eigenvalue weighted by Crippen LogP contribution is -2.42. The maximum absolute atomic E-state index is 11.2. The third-order valence-corrected chi connectivity index (χ3v) is 1.82. The SMILES string of the molecule is COC(=O)[C@H](NCCC(=O)O)C(C)C. The molecule has 0 amide bonds. The first kappa shape index (κ1) is 12.9. The molecule has 82 valence electrons. The Morgan fingerprint density at radius 1 is 1.43 bits per heavy atom. The normalized spacial score (nSPS) is 12.6. The van der Waals surface area contributed by atoms with Gasteiger partial charge in [-0.1, -0.05) is 13.8 Å². The summed E-state index contributed by atoms with van der Waals surface area (Å²) in [6, 6.07) is -0.431. The molecule has 0 radical (unpaired) electrons. The molecule has 0 saturated heterocycles. The third-order valence-electron chi connectivity index (χ3n) is 1.82. The monoisotopic (exact) mass is 203 g/mol. The lowest BCUT2D eigenvalue weighted by atomic mass is 10.0. The topological polar surface area (TPSA) is 75.6 Å². The van der Waals surface area contributed by atoms with Crippen LogP contribution >= 0.6 is 0 Å². The van der Waals surface area contributed by atoms with Gasteiger partial charge in [0.1, 0.15) is 6.04 Å². The predicted octanol–water partition coefficient (Wildman–Crippen LogP) is 0.248. The molecular formula is C9H17NO4. The third kappa shape index (κ3) is 4.81. The predicted molar refractivity (Wildman–Crippen MR) is 50.9 cm³/mol. The van der Waals surface area contributed by atoms with Gasteiger partial charge in [-0.3, -0.25) is 9.59 Å². The number of carboxylic acid groups (broad SMARTS) is 1. The number of hydrogen-bond donors (Lipinski definition) is 2. The molecular weight excluding hydrogens is 186 g/mol. The van der Waals surface area contributed by atoms with Gasteiger partial charge in [-0.25, -0.2) is 0 Å². The Bertz CT molecular complexity index is 203. The summed E-state index contributed by atoms with van der Waals surface area (Å²) in [5.74, 6) is -1.16. The van der Waals surface area contributed by atoms with E-state index in [1.165, 1.54) is 7.11 Å². The molecule has 5 heteroatoms. The lowest BCUT2D eigenvalue weighted by molar-refractivity contribution is -0.145. The quantitative estimate of drug-likeness (QED) is 0.605. The van der Waals surface area contributed by atoms with Crippen molar-refractivity contribution in [1.29, 1.82) is 0 Å². The zero-order valence-electron chi connectivity index (χ0n) is 8.74. The highest BCUT2D eigenvalue weighted by Crippen LogP contribution is 2.03. The molecule has 0 aromatic carbocycles. The van der Waals surface area contributed by atoms with Crippen LogP contribution in [0.5, 0.6) is 0 Å². The van der Waals surface area contributed by atoms with Crippen molar-refractivity contribution in [3.05, 3.63) is 0 Å². The fourth-order valence-electron chi connectivity index (χ4n) is 1.05. The van der Waals surface area contributed by atoms with Gasteiger partial charge in [0.2, 0.25) is 0 Å². The minimum Gasteiger partial charge on any atom is -0.481 e. The Morgan fingerprint density at radius 2 is 2.00 bits per heavy atom. The van der Waals surface area contributed by atoms with Gasteiger partial charge in [0.15, 0.2) is 0 Å². The molecule has 0 aliphatic rings. The number of esters is 1. The summed E-state index contributed by atoms with van der Waals surface area (Å²) >= 11 is 0. The van der Waals surface area contributed by atoms with Gasteiger partial charge in [-0.05, 0) is 5.92 Å². The zero-order chi connectivity index (χ0) is 11.1. The number of methoxy groups -OCH3 is 1. The second kappa shape index (κ2) is 6.37. The Morgan fingerprint density at radius 3 is 2.36 bits per heavy atom. The minimum absolute atomic E-state index is 0.000213. The van der Waals surface area contributed by atoms with Crippen LogP contribution in [-0.4, -0.2) is 36.7 Å². The molecule has 2 N–H and O–H groups in total. The number of nitrogens with one attached hydrogen (secondary N) is 1. The van der Waals surface area contributed by atoms with Crippen LogP contribution in [0.3, 0.4) is 0 Å². The molecule has 0 saturated carbocycles. The van der Waals surface area contributed by atoms with E-state index in [-0.39, 0.29) is 24.9 Å². The molecule has 0 heterocycles. The molecule has 0 unspecified atom stereocenters. The molecule has 0 spiro atoms. The van der Waals surface area contributed by atoms with Crippen molar-refractivity contribution in [2.24, 2.45) is 5.92 Å². The van der Waals surface area contributed by atoms with E-state index in [9.17, 15) is 9.59 Å². The number of hydrogen-bond acceptors (Lipinski definition) is 4. The van der Waals surface area contributed by atoms with E-state index in [4.69, 9.17) is 5.11 Å². The van der Waals surface area contributed by atoms with E-state index in [1.807, 2.05) is 13.8 Å². The average Bonchev–Trinajstić information content (AvgIpc) is 2.10. The minimum atomic E-state index is -0.884. The molecule has 0 aliphatic carbocycles. The van der Waals surface area contributed by atoms with Crippen LogP contribution in [0, 0.1) is 5.92 Å². The first-order valence-corrected chi connectivity index (χ1v) is 4.52. The summed E-state index contributed by atoms with van der Waals surface area (Å²) in [6.07, 6.45) is 0.000213. The molecule has 0 aliphatic heterocycles. The van der Waals surface area contributed by atoms with Crippen molar-refractivity contribution in [2.45, 2.75) is 26.3 Å². The second-order valence-corrected chi connectivity index (χ2v) is 3.34. The Kier molecular flexibility index (Phi) is 5.87. The summed E-state index contributed by atoms with van der Waals surface area (Å²) in [6.45, 7) is 4.01. The Balaban J connectivity index is 3.98. The van der Waals surface area contributed by atoms with Crippen LogP contribution in [0.25, 0.3) is 0 Å². The van der Waals surface area contributed by atoms with E-state index in [1.54, 1.807) is 0 Å². The molecule has 0 aromatic rings. The molecule has 0 rings (SSSR count). The maximum Gasteiger partial charge on any atom is 0.323 e. The maximum atomic E-state index is 11.2. The number of carbonyl (C=O) groups excluding carboxylic acids is 1. The summed E-state index contributed by atoms with van der Waals surface area (Å²) < 4.78 is 4.58. The fourth-order valence-corrected chi connectivity index (χ4v) is 1.05. The lowest BCUT2D eigenvalue weighted by Gasteiger charge is -2.19. The van der Waals surface area contributed by atoms with E-state index in [0.29, 0.717) is 0 Å². The summed E-state index contributed by atoms with van der Waals surface area (Å²) in [5.41, 5.74) is 0. The van der Waals surface area contributed by atoms with Gasteiger partial charge < -0.3 is 15.2 Å². The first-order valence-electron chi connectivity index (χ1n) is 4.52. The smallest absolute Gasteiger partial charge is 0.323 e. The molecule has 0 fully saturated rings. The molecule has 1 atom stereocenters. The van der Waals surface area contributed by atoms with E-state index in [0.717, 1.165) is 0 Å². The van der Waals surface area contributed by atoms with Crippen LogP contribution in [0.1, 0.15) is 20.3 Å². The highest BCUT2D eigenvalue weighted by molar-refractivity contribution is 5.76. The van der Waals surface area contributed by atoms with Crippen LogP contribution in [0.2, 0.25) is 0 Å². The first-order chi connectivity index (χ1) is 6.49. The van der Waals surface area contributed by atoms with Gasteiger partial charge in [0, 0.05) is 6.54 Å². The van der Waals surface area contributed by atoms with E-state index < -0.39 is 12.0 Å². The van der Waals surface area contributed by atoms with Crippen molar-refractivity contribution in [1.82, 2.24) is 5.32 Å². The van der Waals surface area contributed by atoms with Gasteiger partial charge in [-0.15, -0.1) is 0 Å². The fraction of sp³-hybridized carbons (Fsp3) is 0.778. The van der Waals surface area contributed by atoms with E-state index in [2.05, 4.69) is 10.1 Å². The average molecular weight is 203 g/mol. The number of rotatable bonds is 6. The van der Waals surface area contributed by atoms with Crippen molar-refractivity contribution in [3.63, 3.8) is 0 Å².